The van der Waals surface area contributed by atoms with E-state index in [1.807, 2.05) is 6.07 Å². The lowest BCUT2D eigenvalue weighted by Gasteiger charge is -2.20. The number of nitrogens with zero attached hydrogens (tertiary/aromatic N) is 1. The largest absolute Gasteiger partial charge is 0.497 e. The molecule has 3 aromatic rings. The first-order valence-electron chi connectivity index (χ1n) is 9.15. The van der Waals surface area contributed by atoms with E-state index in [2.05, 4.69) is 5.32 Å². The zero-order valence-electron chi connectivity index (χ0n) is 15.8. The van der Waals surface area contributed by atoms with Crippen molar-refractivity contribution in [2.45, 2.75) is 11.3 Å². The summed E-state index contributed by atoms with van der Waals surface area (Å²) in [7, 11) is -2.12. The normalized spacial score (nSPS) is 13.1. The number of methoxy groups -OCH3 is 1. The highest BCUT2D eigenvalue weighted by atomic mass is 32.2. The van der Waals surface area contributed by atoms with Crippen molar-refractivity contribution < 1.29 is 17.9 Å². The average Bonchev–Trinajstić information content (AvgIpc) is 3.18. The summed E-state index contributed by atoms with van der Waals surface area (Å²) in [6.07, 6.45) is 0.610. The van der Waals surface area contributed by atoms with Crippen molar-refractivity contribution in [3.8, 4) is 5.75 Å². The van der Waals surface area contributed by atoms with Crippen molar-refractivity contribution >= 4 is 27.3 Å². The Kier molecular flexibility index (Phi) is 4.98. The van der Waals surface area contributed by atoms with Crippen molar-refractivity contribution in [3.05, 3.63) is 83.9 Å². The van der Waals surface area contributed by atoms with E-state index in [9.17, 15) is 13.2 Å². The molecule has 148 valence electrons. The molecule has 4 rings (SSSR count). The predicted molar refractivity (Wildman–Crippen MR) is 112 cm³/mol. The first kappa shape index (κ1) is 19.0. The fourth-order valence-corrected chi connectivity index (χ4v) is 4.88. The number of nitrogens with one attached hydrogen (secondary N) is 1. The molecule has 0 radical (unpaired) electrons. The van der Waals surface area contributed by atoms with Crippen molar-refractivity contribution in [1.29, 1.82) is 0 Å². The fourth-order valence-electron chi connectivity index (χ4n) is 3.36. The van der Waals surface area contributed by atoms with Crippen LogP contribution in [0.15, 0.2) is 77.7 Å². The molecule has 7 heteroatoms. The second-order valence-corrected chi connectivity index (χ2v) is 8.53. The maximum Gasteiger partial charge on any atom is 0.264 e. The Morgan fingerprint density at radius 3 is 2.55 bits per heavy atom. The number of carbonyl (C=O) groups is 1. The number of hydrogen-bond acceptors (Lipinski definition) is 4. The van der Waals surface area contributed by atoms with Gasteiger partial charge in [-0.05, 0) is 48.4 Å². The minimum absolute atomic E-state index is 0.235. The van der Waals surface area contributed by atoms with Gasteiger partial charge >= 0.3 is 0 Å². The summed E-state index contributed by atoms with van der Waals surface area (Å²) >= 11 is 0. The molecule has 6 nitrogen and oxygen atoms in total. The summed E-state index contributed by atoms with van der Waals surface area (Å²) in [5.41, 5.74) is 2.44. The Balaban J connectivity index is 1.63. The standard InChI is InChI=1S/C22H20N2O4S/c1-28-19-7-5-6-18(15-19)23-22(25)17-11-10-16-12-13-24(21(16)14-17)29(26,27)20-8-3-2-4-9-20/h2-11,14-15H,12-13H2,1H3,(H,23,25). The number of carbonyl (C=O) groups excluding carboxylic acids is 1. The van der Waals surface area contributed by atoms with Crippen LogP contribution in [0.4, 0.5) is 11.4 Å². The molecule has 29 heavy (non-hydrogen) atoms. The number of rotatable bonds is 5. The number of fused-ring (bicyclic) bond motifs is 1. The Morgan fingerprint density at radius 2 is 1.79 bits per heavy atom. The molecule has 0 saturated heterocycles. The summed E-state index contributed by atoms with van der Waals surface area (Å²) in [4.78, 5) is 13.0. The minimum atomic E-state index is -3.68. The maximum absolute atomic E-state index is 13.1. The number of benzene rings is 3. The first-order chi connectivity index (χ1) is 14.0. The lowest BCUT2D eigenvalue weighted by molar-refractivity contribution is 0.102. The summed E-state index contributed by atoms with van der Waals surface area (Å²) < 4.78 is 32.6. The molecule has 0 aliphatic carbocycles. The number of sulfonamides is 1. The van der Waals surface area contributed by atoms with Crippen LogP contribution in [-0.2, 0) is 16.4 Å². The number of hydrogen-bond donors (Lipinski definition) is 1. The SMILES string of the molecule is COc1cccc(NC(=O)c2ccc3c(c2)N(S(=O)(=O)c2ccccc2)CC3)c1. The van der Waals surface area contributed by atoms with Crippen molar-refractivity contribution in [3.63, 3.8) is 0 Å². The van der Waals surface area contributed by atoms with E-state index in [0.29, 0.717) is 35.7 Å². The molecular weight excluding hydrogens is 388 g/mol. The zero-order chi connectivity index (χ0) is 20.4. The van der Waals surface area contributed by atoms with Crippen LogP contribution < -0.4 is 14.4 Å². The minimum Gasteiger partial charge on any atom is -0.497 e. The molecule has 1 aliphatic rings. The molecule has 1 amide bonds. The van der Waals surface area contributed by atoms with Crippen LogP contribution in [0.2, 0.25) is 0 Å². The van der Waals surface area contributed by atoms with E-state index in [1.165, 1.54) is 4.31 Å². The molecule has 1 heterocycles. The summed E-state index contributed by atoms with van der Waals surface area (Å²) in [5, 5.41) is 2.82. The van der Waals surface area contributed by atoms with E-state index >= 15 is 0 Å². The third-order valence-corrected chi connectivity index (χ3v) is 6.69. The maximum atomic E-state index is 13.1. The highest BCUT2D eigenvalue weighted by Crippen LogP contribution is 2.34. The lowest BCUT2D eigenvalue weighted by Crippen LogP contribution is -2.29. The summed E-state index contributed by atoms with van der Waals surface area (Å²) in [6, 6.07) is 20.5. The van der Waals surface area contributed by atoms with E-state index in [1.54, 1.807) is 73.8 Å². The molecule has 0 atom stereocenters. The molecule has 3 aromatic carbocycles. The molecule has 0 fully saturated rings. The van der Waals surface area contributed by atoms with Crippen molar-refractivity contribution in [2.24, 2.45) is 0 Å². The van der Waals surface area contributed by atoms with Crippen molar-refractivity contribution in [1.82, 2.24) is 0 Å². The van der Waals surface area contributed by atoms with E-state index in [4.69, 9.17) is 4.74 Å². The van der Waals surface area contributed by atoms with E-state index in [0.717, 1.165) is 5.56 Å². The van der Waals surface area contributed by atoms with Crippen LogP contribution in [-0.4, -0.2) is 28.0 Å². The number of amides is 1. The number of ether oxygens (including phenoxy) is 1. The molecule has 0 unspecified atom stereocenters. The van der Waals surface area contributed by atoms with Gasteiger partial charge in [-0.25, -0.2) is 8.42 Å². The van der Waals surface area contributed by atoms with Gasteiger partial charge in [0.1, 0.15) is 5.75 Å². The Labute approximate surface area is 169 Å². The average molecular weight is 408 g/mol. The molecule has 1 aliphatic heterocycles. The third-order valence-electron chi connectivity index (χ3n) is 4.86. The highest BCUT2D eigenvalue weighted by molar-refractivity contribution is 7.92. The van der Waals surface area contributed by atoms with Crippen LogP contribution >= 0.6 is 0 Å². The van der Waals surface area contributed by atoms with Crippen molar-refractivity contribution in [2.75, 3.05) is 23.3 Å². The van der Waals surface area contributed by atoms with Gasteiger partial charge in [0.15, 0.2) is 0 Å². The highest BCUT2D eigenvalue weighted by Gasteiger charge is 2.31. The number of anilines is 2. The second kappa shape index (κ2) is 7.60. The van der Waals surface area contributed by atoms with Crippen LogP contribution in [0.1, 0.15) is 15.9 Å². The molecule has 0 aromatic heterocycles. The molecule has 0 saturated carbocycles. The Hall–Kier alpha value is -3.32. The van der Waals surface area contributed by atoms with Crippen LogP contribution in [0.3, 0.4) is 0 Å². The van der Waals surface area contributed by atoms with Crippen LogP contribution in [0.25, 0.3) is 0 Å². The molecule has 0 bridgehead atoms. The van der Waals surface area contributed by atoms with Gasteiger partial charge in [0.25, 0.3) is 15.9 Å². The fraction of sp³-hybridized carbons (Fsp3) is 0.136. The summed E-state index contributed by atoms with van der Waals surface area (Å²) in [6.45, 7) is 0.355. The molecule has 0 spiro atoms. The van der Waals surface area contributed by atoms with E-state index < -0.39 is 10.0 Å². The van der Waals surface area contributed by atoms with Crippen LogP contribution in [0, 0.1) is 0 Å². The van der Waals surface area contributed by atoms with Gasteiger partial charge in [-0.3, -0.25) is 9.10 Å². The Bertz CT molecular complexity index is 1160. The quantitative estimate of drug-likeness (QED) is 0.699. The van der Waals surface area contributed by atoms with Gasteiger partial charge < -0.3 is 10.1 Å². The topological polar surface area (TPSA) is 75.7 Å². The van der Waals surface area contributed by atoms with Gasteiger partial charge in [-0.2, -0.15) is 0 Å². The summed E-state index contributed by atoms with van der Waals surface area (Å²) in [5.74, 6) is 0.321. The smallest absolute Gasteiger partial charge is 0.264 e. The van der Waals surface area contributed by atoms with Gasteiger partial charge in [0, 0.05) is 23.9 Å². The Morgan fingerprint density at radius 1 is 1.00 bits per heavy atom. The zero-order valence-corrected chi connectivity index (χ0v) is 16.6. The predicted octanol–water partition coefficient (Wildman–Crippen LogP) is 3.70. The van der Waals surface area contributed by atoms with E-state index in [-0.39, 0.29) is 10.8 Å². The third kappa shape index (κ3) is 3.69. The molecule has 1 N–H and O–H groups in total. The van der Waals surface area contributed by atoms with Crippen LogP contribution in [0.5, 0.6) is 5.75 Å². The van der Waals surface area contributed by atoms with Gasteiger partial charge in [0.05, 0.1) is 17.7 Å². The van der Waals surface area contributed by atoms with Gasteiger partial charge in [-0.15, -0.1) is 0 Å². The molecular formula is C22H20N2O4S. The second-order valence-electron chi connectivity index (χ2n) is 6.67. The van der Waals surface area contributed by atoms with Gasteiger partial charge in [-0.1, -0.05) is 30.3 Å². The van der Waals surface area contributed by atoms with Gasteiger partial charge in [0.2, 0.25) is 0 Å². The monoisotopic (exact) mass is 408 g/mol. The lowest BCUT2D eigenvalue weighted by atomic mass is 10.1. The first-order valence-corrected chi connectivity index (χ1v) is 10.6.